The number of rotatable bonds is 6. The van der Waals surface area contributed by atoms with Gasteiger partial charge in [-0.2, -0.15) is 11.3 Å². The molecule has 8 nitrogen and oxygen atoms in total. The number of hydrogen-bond donors (Lipinski definition) is 1. The van der Waals surface area contributed by atoms with Gasteiger partial charge in [-0.15, -0.1) is 0 Å². The molecule has 1 N–H and O–H groups in total. The van der Waals surface area contributed by atoms with Crippen LogP contribution in [0.2, 0.25) is 0 Å². The summed E-state index contributed by atoms with van der Waals surface area (Å²) in [5.41, 5.74) is 2.08. The van der Waals surface area contributed by atoms with Gasteiger partial charge in [0.15, 0.2) is 10.9 Å². The molecule has 33 heavy (non-hydrogen) atoms. The molecule has 0 saturated carbocycles. The first-order valence-corrected chi connectivity index (χ1v) is 12.5. The van der Waals surface area contributed by atoms with Gasteiger partial charge in [-0.05, 0) is 41.4 Å². The highest BCUT2D eigenvalue weighted by molar-refractivity contribution is 7.22. The molecular weight excluding hydrogens is 456 g/mol. The SMILES string of the molecule is CC(=O)Nc1nc2c(Oc3cc(N4CCN(C(C)c5ccsc5)CC4)ncn3)cccc2s1. The monoisotopic (exact) mass is 480 g/mol. The van der Waals surface area contributed by atoms with Gasteiger partial charge in [0, 0.05) is 45.2 Å². The highest BCUT2D eigenvalue weighted by Crippen LogP contribution is 2.35. The molecule has 1 fully saturated rings. The lowest BCUT2D eigenvalue weighted by molar-refractivity contribution is -0.114. The molecule has 0 spiro atoms. The van der Waals surface area contributed by atoms with Crippen LogP contribution in [-0.2, 0) is 4.79 Å². The van der Waals surface area contributed by atoms with Crippen molar-refractivity contribution in [1.29, 1.82) is 0 Å². The van der Waals surface area contributed by atoms with Crippen molar-refractivity contribution in [3.8, 4) is 11.6 Å². The topological polar surface area (TPSA) is 83.5 Å². The summed E-state index contributed by atoms with van der Waals surface area (Å²) in [6, 6.07) is 10.2. The number of anilines is 2. The summed E-state index contributed by atoms with van der Waals surface area (Å²) in [5.74, 6) is 1.77. The second kappa shape index (κ2) is 9.42. The molecule has 1 amide bonds. The van der Waals surface area contributed by atoms with E-state index in [0.717, 1.165) is 36.7 Å². The number of fused-ring (bicyclic) bond motifs is 1. The Morgan fingerprint density at radius 3 is 2.79 bits per heavy atom. The summed E-state index contributed by atoms with van der Waals surface area (Å²) in [6.07, 6.45) is 1.54. The summed E-state index contributed by atoms with van der Waals surface area (Å²) >= 11 is 3.16. The lowest BCUT2D eigenvalue weighted by Gasteiger charge is -2.38. The lowest BCUT2D eigenvalue weighted by Crippen LogP contribution is -2.47. The highest BCUT2D eigenvalue weighted by atomic mass is 32.1. The molecule has 10 heteroatoms. The van der Waals surface area contributed by atoms with Crippen molar-refractivity contribution in [3.63, 3.8) is 0 Å². The molecule has 3 aromatic heterocycles. The molecule has 170 valence electrons. The molecule has 5 rings (SSSR count). The van der Waals surface area contributed by atoms with Gasteiger partial charge in [-0.1, -0.05) is 17.4 Å². The van der Waals surface area contributed by atoms with E-state index in [1.54, 1.807) is 11.3 Å². The van der Waals surface area contributed by atoms with Gasteiger partial charge >= 0.3 is 0 Å². The molecule has 1 saturated heterocycles. The van der Waals surface area contributed by atoms with E-state index in [-0.39, 0.29) is 5.91 Å². The molecule has 1 aliphatic heterocycles. The number of piperazine rings is 1. The molecule has 4 heterocycles. The molecule has 1 aliphatic rings. The molecule has 1 atom stereocenters. The number of para-hydroxylation sites is 1. The van der Waals surface area contributed by atoms with Crippen molar-refractivity contribution in [3.05, 3.63) is 53.0 Å². The second-order valence-corrected chi connectivity index (χ2v) is 9.69. The largest absolute Gasteiger partial charge is 0.437 e. The molecule has 1 unspecified atom stereocenters. The van der Waals surface area contributed by atoms with Crippen molar-refractivity contribution in [1.82, 2.24) is 19.9 Å². The third-order valence-corrected chi connectivity index (χ3v) is 7.36. The van der Waals surface area contributed by atoms with Gasteiger partial charge in [-0.25, -0.2) is 15.0 Å². The van der Waals surface area contributed by atoms with Gasteiger partial charge in [0.1, 0.15) is 17.7 Å². The predicted molar refractivity (Wildman–Crippen MR) is 133 cm³/mol. The maximum atomic E-state index is 11.4. The average molecular weight is 481 g/mol. The maximum absolute atomic E-state index is 11.4. The number of thiophene rings is 1. The Bertz CT molecular complexity index is 1250. The van der Waals surface area contributed by atoms with Crippen LogP contribution in [0.25, 0.3) is 10.2 Å². The Labute approximate surface area is 199 Å². The number of nitrogens with zero attached hydrogens (tertiary/aromatic N) is 5. The number of carbonyl (C=O) groups excluding carboxylic acids is 1. The van der Waals surface area contributed by atoms with E-state index in [1.165, 1.54) is 30.2 Å². The number of benzene rings is 1. The summed E-state index contributed by atoms with van der Waals surface area (Å²) in [5, 5.41) is 7.65. The van der Waals surface area contributed by atoms with Crippen LogP contribution in [0.15, 0.2) is 47.4 Å². The third-order valence-electron chi connectivity index (χ3n) is 5.72. The van der Waals surface area contributed by atoms with Gasteiger partial charge < -0.3 is 15.0 Å². The standard InChI is InChI=1S/C23H24N6O2S2/c1-15(17-6-11-32-13-17)28-7-9-29(10-8-28)20-12-21(25-14-24-20)31-18-4-3-5-19-22(18)27-23(33-19)26-16(2)30/h3-6,11-15H,7-10H2,1-2H3,(H,26,27,30). The Morgan fingerprint density at radius 1 is 1.18 bits per heavy atom. The van der Waals surface area contributed by atoms with Crippen molar-refractivity contribution in [2.75, 3.05) is 36.4 Å². The fourth-order valence-corrected chi connectivity index (χ4v) is 5.62. The van der Waals surface area contributed by atoms with Crippen LogP contribution in [0.5, 0.6) is 11.6 Å². The zero-order valence-electron chi connectivity index (χ0n) is 18.4. The second-order valence-electron chi connectivity index (χ2n) is 7.88. The number of ether oxygens (including phenoxy) is 1. The summed E-state index contributed by atoms with van der Waals surface area (Å²) in [7, 11) is 0. The molecule has 0 radical (unpaired) electrons. The number of aromatic nitrogens is 3. The van der Waals surface area contributed by atoms with Crippen LogP contribution in [0, 0.1) is 0 Å². The fourth-order valence-electron chi connectivity index (χ4n) is 3.94. The first-order valence-electron chi connectivity index (χ1n) is 10.7. The van der Waals surface area contributed by atoms with Crippen LogP contribution in [0.1, 0.15) is 25.5 Å². The van der Waals surface area contributed by atoms with E-state index in [1.807, 2.05) is 24.3 Å². The van der Waals surface area contributed by atoms with Crippen molar-refractivity contribution < 1.29 is 9.53 Å². The molecular formula is C23H24N6O2S2. The van der Waals surface area contributed by atoms with E-state index < -0.39 is 0 Å². The van der Waals surface area contributed by atoms with E-state index in [0.29, 0.717) is 28.3 Å². The van der Waals surface area contributed by atoms with E-state index in [9.17, 15) is 4.79 Å². The summed E-state index contributed by atoms with van der Waals surface area (Å²) < 4.78 is 7.03. The average Bonchev–Trinajstić information content (AvgIpc) is 3.49. The third kappa shape index (κ3) is 4.82. The van der Waals surface area contributed by atoms with Gasteiger partial charge in [0.2, 0.25) is 11.8 Å². The number of hydrogen-bond acceptors (Lipinski definition) is 9. The summed E-state index contributed by atoms with van der Waals surface area (Å²) in [4.78, 5) is 29.4. The normalized spacial score (nSPS) is 15.5. The molecule has 1 aromatic carbocycles. The Balaban J connectivity index is 1.28. The van der Waals surface area contributed by atoms with E-state index in [2.05, 4.69) is 53.8 Å². The number of amides is 1. The van der Waals surface area contributed by atoms with E-state index in [4.69, 9.17) is 4.74 Å². The minimum atomic E-state index is -0.151. The van der Waals surface area contributed by atoms with Crippen LogP contribution in [-0.4, -0.2) is 51.9 Å². The fraction of sp³-hybridized carbons (Fsp3) is 0.304. The smallest absolute Gasteiger partial charge is 0.224 e. The Morgan fingerprint density at radius 2 is 2.03 bits per heavy atom. The Kier molecular flexibility index (Phi) is 6.21. The van der Waals surface area contributed by atoms with Gasteiger partial charge in [0.05, 0.1) is 4.70 Å². The van der Waals surface area contributed by atoms with Crippen LogP contribution in [0.4, 0.5) is 10.9 Å². The predicted octanol–water partition coefficient (Wildman–Crippen LogP) is 4.78. The molecule has 0 aliphatic carbocycles. The highest BCUT2D eigenvalue weighted by Gasteiger charge is 2.23. The molecule has 0 bridgehead atoms. The summed E-state index contributed by atoms with van der Waals surface area (Å²) in [6.45, 7) is 7.47. The minimum Gasteiger partial charge on any atom is -0.437 e. The van der Waals surface area contributed by atoms with Crippen molar-refractivity contribution in [2.24, 2.45) is 0 Å². The quantitative estimate of drug-likeness (QED) is 0.425. The van der Waals surface area contributed by atoms with Gasteiger partial charge in [0.25, 0.3) is 0 Å². The zero-order valence-corrected chi connectivity index (χ0v) is 20.0. The van der Waals surface area contributed by atoms with Gasteiger partial charge in [-0.3, -0.25) is 9.69 Å². The number of carbonyl (C=O) groups is 1. The van der Waals surface area contributed by atoms with E-state index >= 15 is 0 Å². The van der Waals surface area contributed by atoms with Crippen LogP contribution in [0.3, 0.4) is 0 Å². The maximum Gasteiger partial charge on any atom is 0.224 e. The molecule has 4 aromatic rings. The van der Waals surface area contributed by atoms with Crippen molar-refractivity contribution in [2.45, 2.75) is 19.9 Å². The number of nitrogens with one attached hydrogen (secondary N) is 1. The number of thiazole rings is 1. The van der Waals surface area contributed by atoms with Crippen molar-refractivity contribution >= 4 is 49.7 Å². The van der Waals surface area contributed by atoms with Crippen LogP contribution < -0.4 is 15.0 Å². The lowest BCUT2D eigenvalue weighted by atomic mass is 10.1. The van der Waals surface area contributed by atoms with Crippen LogP contribution >= 0.6 is 22.7 Å². The first-order chi connectivity index (χ1) is 16.1. The Hall–Kier alpha value is -3.08. The first kappa shape index (κ1) is 21.7. The zero-order chi connectivity index (χ0) is 22.8. The minimum absolute atomic E-state index is 0.151.